The summed E-state index contributed by atoms with van der Waals surface area (Å²) in [5.41, 5.74) is 0. The Morgan fingerprint density at radius 1 is 1.73 bits per heavy atom. The van der Waals surface area contributed by atoms with Gasteiger partial charge in [-0.05, 0) is 6.92 Å². The minimum atomic E-state index is -1.17. The Bertz CT molecular complexity index is 207. The molecular weight excluding hydrogens is 144 g/mol. The summed E-state index contributed by atoms with van der Waals surface area (Å²) in [6, 6.07) is 0. The monoisotopic (exact) mass is 154 g/mol. The number of allylic oxidation sites excluding steroid dienone is 1. The van der Waals surface area contributed by atoms with Crippen LogP contribution in [-0.2, 0) is 4.79 Å². The highest BCUT2D eigenvalue weighted by atomic mass is 16.4. The SMILES string of the molecule is C/C=C/C(O)CC#CC(=O)O. The van der Waals surface area contributed by atoms with Gasteiger partial charge in [0.2, 0.25) is 0 Å². The molecule has 0 saturated carbocycles. The first-order valence-corrected chi connectivity index (χ1v) is 3.19. The molecule has 0 saturated heterocycles. The zero-order valence-electron chi connectivity index (χ0n) is 6.24. The molecule has 1 unspecified atom stereocenters. The molecule has 0 aliphatic carbocycles. The third-order valence-corrected chi connectivity index (χ3v) is 0.921. The second kappa shape index (κ2) is 5.51. The molecular formula is C8H10O3. The van der Waals surface area contributed by atoms with Crippen molar-refractivity contribution in [3.05, 3.63) is 12.2 Å². The van der Waals surface area contributed by atoms with Gasteiger partial charge in [0.15, 0.2) is 0 Å². The fourth-order valence-electron chi connectivity index (χ4n) is 0.521. The molecule has 0 spiro atoms. The van der Waals surface area contributed by atoms with Crippen molar-refractivity contribution in [3.8, 4) is 11.8 Å². The molecule has 0 rings (SSSR count). The van der Waals surface area contributed by atoms with E-state index >= 15 is 0 Å². The summed E-state index contributed by atoms with van der Waals surface area (Å²) in [6.07, 6.45) is 2.74. The molecule has 11 heavy (non-hydrogen) atoms. The van der Waals surface area contributed by atoms with Crippen molar-refractivity contribution in [3.63, 3.8) is 0 Å². The van der Waals surface area contributed by atoms with E-state index in [1.165, 1.54) is 0 Å². The number of aliphatic hydroxyl groups excluding tert-OH is 1. The van der Waals surface area contributed by atoms with E-state index in [2.05, 4.69) is 5.92 Å². The highest BCUT2D eigenvalue weighted by Crippen LogP contribution is 1.90. The molecule has 0 bridgehead atoms. The largest absolute Gasteiger partial charge is 0.472 e. The molecule has 0 aliphatic heterocycles. The Morgan fingerprint density at radius 2 is 2.36 bits per heavy atom. The summed E-state index contributed by atoms with van der Waals surface area (Å²) in [7, 11) is 0. The number of carbonyl (C=O) groups is 1. The molecule has 0 radical (unpaired) electrons. The van der Waals surface area contributed by atoms with E-state index < -0.39 is 12.1 Å². The fourth-order valence-corrected chi connectivity index (χ4v) is 0.521. The van der Waals surface area contributed by atoms with Crippen LogP contribution in [0.4, 0.5) is 0 Å². The number of hydrogen-bond acceptors (Lipinski definition) is 2. The van der Waals surface area contributed by atoms with Crippen LogP contribution < -0.4 is 0 Å². The molecule has 2 N–H and O–H groups in total. The topological polar surface area (TPSA) is 57.5 Å². The van der Waals surface area contributed by atoms with Crippen LogP contribution in [0.3, 0.4) is 0 Å². The highest BCUT2D eigenvalue weighted by Gasteiger charge is 1.93. The zero-order chi connectivity index (χ0) is 8.69. The van der Waals surface area contributed by atoms with Crippen molar-refractivity contribution in [2.24, 2.45) is 0 Å². The van der Waals surface area contributed by atoms with Gasteiger partial charge in [-0.25, -0.2) is 4.79 Å². The maximum atomic E-state index is 9.87. The molecule has 0 fully saturated rings. The van der Waals surface area contributed by atoms with E-state index in [0.717, 1.165) is 0 Å². The zero-order valence-corrected chi connectivity index (χ0v) is 6.24. The van der Waals surface area contributed by atoms with Gasteiger partial charge in [0.05, 0.1) is 6.10 Å². The van der Waals surface area contributed by atoms with Crippen molar-refractivity contribution in [1.82, 2.24) is 0 Å². The molecule has 0 aromatic heterocycles. The fraction of sp³-hybridized carbons (Fsp3) is 0.375. The Hall–Kier alpha value is -1.27. The Kier molecular flexibility index (Phi) is 4.87. The quantitative estimate of drug-likeness (QED) is 0.447. The molecule has 60 valence electrons. The van der Waals surface area contributed by atoms with E-state index in [1.807, 2.05) is 5.92 Å². The second-order valence-electron chi connectivity index (χ2n) is 1.90. The van der Waals surface area contributed by atoms with Crippen molar-refractivity contribution in [1.29, 1.82) is 0 Å². The van der Waals surface area contributed by atoms with Gasteiger partial charge in [0.25, 0.3) is 0 Å². The average molecular weight is 154 g/mol. The van der Waals surface area contributed by atoms with Crippen LogP contribution in [0.2, 0.25) is 0 Å². The Labute approximate surface area is 65.4 Å². The van der Waals surface area contributed by atoms with Crippen LogP contribution in [0.25, 0.3) is 0 Å². The highest BCUT2D eigenvalue weighted by molar-refractivity contribution is 5.86. The average Bonchev–Trinajstić information content (AvgIpc) is 1.87. The van der Waals surface area contributed by atoms with E-state index in [-0.39, 0.29) is 6.42 Å². The lowest BCUT2D eigenvalue weighted by Gasteiger charge is -1.95. The lowest BCUT2D eigenvalue weighted by Crippen LogP contribution is -1.99. The number of rotatable bonds is 2. The van der Waals surface area contributed by atoms with Crippen molar-refractivity contribution in [2.75, 3.05) is 0 Å². The third kappa shape index (κ3) is 6.62. The van der Waals surface area contributed by atoms with Gasteiger partial charge in [0, 0.05) is 12.3 Å². The summed E-state index contributed by atoms with van der Waals surface area (Å²) in [6.45, 7) is 1.77. The predicted octanol–water partition coefficient (Wildman–Crippen LogP) is 0.401. The van der Waals surface area contributed by atoms with Gasteiger partial charge in [-0.15, -0.1) is 0 Å². The molecule has 0 amide bonds. The third-order valence-electron chi connectivity index (χ3n) is 0.921. The molecule has 0 heterocycles. The van der Waals surface area contributed by atoms with E-state index in [9.17, 15) is 4.79 Å². The van der Waals surface area contributed by atoms with Crippen LogP contribution >= 0.6 is 0 Å². The number of aliphatic carboxylic acids is 1. The first kappa shape index (κ1) is 9.73. The molecule has 3 heteroatoms. The molecule has 0 aromatic rings. The number of hydrogen-bond donors (Lipinski definition) is 2. The smallest absolute Gasteiger partial charge is 0.381 e. The second-order valence-corrected chi connectivity index (χ2v) is 1.90. The van der Waals surface area contributed by atoms with Crippen LogP contribution in [0, 0.1) is 11.8 Å². The van der Waals surface area contributed by atoms with Gasteiger partial charge < -0.3 is 10.2 Å². The Morgan fingerprint density at radius 3 is 2.82 bits per heavy atom. The van der Waals surface area contributed by atoms with E-state index in [0.29, 0.717) is 0 Å². The van der Waals surface area contributed by atoms with Crippen molar-refractivity contribution >= 4 is 5.97 Å². The number of aliphatic hydroxyl groups is 1. The maximum Gasteiger partial charge on any atom is 0.381 e. The van der Waals surface area contributed by atoms with Gasteiger partial charge in [-0.1, -0.05) is 18.1 Å². The summed E-state index contributed by atoms with van der Waals surface area (Å²) in [5, 5.41) is 17.1. The molecule has 0 aliphatic rings. The lowest BCUT2D eigenvalue weighted by molar-refractivity contribution is -0.130. The van der Waals surface area contributed by atoms with Gasteiger partial charge >= 0.3 is 5.97 Å². The molecule has 0 aromatic carbocycles. The summed E-state index contributed by atoms with van der Waals surface area (Å²) in [5.74, 6) is 3.06. The lowest BCUT2D eigenvalue weighted by atomic mass is 10.2. The molecule has 3 nitrogen and oxygen atoms in total. The summed E-state index contributed by atoms with van der Waals surface area (Å²) >= 11 is 0. The summed E-state index contributed by atoms with van der Waals surface area (Å²) < 4.78 is 0. The summed E-state index contributed by atoms with van der Waals surface area (Å²) in [4.78, 5) is 9.87. The van der Waals surface area contributed by atoms with Gasteiger partial charge in [0.1, 0.15) is 0 Å². The number of carboxylic acid groups (broad SMARTS) is 1. The van der Waals surface area contributed by atoms with Gasteiger partial charge in [-0.3, -0.25) is 0 Å². The van der Waals surface area contributed by atoms with Gasteiger partial charge in [-0.2, -0.15) is 0 Å². The first-order valence-electron chi connectivity index (χ1n) is 3.19. The van der Waals surface area contributed by atoms with Crippen LogP contribution in [0.5, 0.6) is 0 Å². The van der Waals surface area contributed by atoms with Crippen LogP contribution in [0.1, 0.15) is 13.3 Å². The first-order chi connectivity index (χ1) is 5.16. The normalized spacial score (nSPS) is 12.2. The number of carboxylic acids is 1. The standard InChI is InChI=1S/C8H10O3/c1-2-4-7(9)5-3-6-8(10)11/h2,4,7,9H,5H2,1H3,(H,10,11)/b4-2+. The van der Waals surface area contributed by atoms with Crippen molar-refractivity contribution in [2.45, 2.75) is 19.4 Å². The van der Waals surface area contributed by atoms with Crippen LogP contribution in [-0.4, -0.2) is 22.3 Å². The minimum absolute atomic E-state index is 0.163. The maximum absolute atomic E-state index is 9.87. The predicted molar refractivity (Wildman–Crippen MR) is 40.8 cm³/mol. The molecule has 1 atom stereocenters. The minimum Gasteiger partial charge on any atom is -0.472 e. The van der Waals surface area contributed by atoms with Crippen molar-refractivity contribution < 1.29 is 15.0 Å². The van der Waals surface area contributed by atoms with Crippen LogP contribution in [0.15, 0.2) is 12.2 Å². The van der Waals surface area contributed by atoms with E-state index in [4.69, 9.17) is 10.2 Å². The Balaban J connectivity index is 3.72. The van der Waals surface area contributed by atoms with E-state index in [1.54, 1.807) is 19.1 Å².